The van der Waals surface area contributed by atoms with Gasteiger partial charge in [-0.25, -0.2) is 13.2 Å². The SMILES string of the molecule is CS(=O)(=O)N1CCCc2ccc(NC(=O)NCC3CCCO3)cc21. The Bertz CT molecular complexity index is 714. The van der Waals surface area contributed by atoms with Crippen molar-refractivity contribution < 1.29 is 17.9 Å². The van der Waals surface area contributed by atoms with Crippen LogP contribution in [0.2, 0.25) is 0 Å². The number of aryl methyl sites for hydroxylation is 1. The normalized spacial score (nSPS) is 20.5. The number of carbonyl (C=O) groups is 1. The van der Waals surface area contributed by atoms with Crippen LogP contribution in [0.15, 0.2) is 18.2 Å². The average molecular weight is 353 g/mol. The van der Waals surface area contributed by atoms with Gasteiger partial charge in [0.05, 0.1) is 18.0 Å². The number of fused-ring (bicyclic) bond motifs is 1. The minimum Gasteiger partial charge on any atom is -0.376 e. The third kappa shape index (κ3) is 3.99. The molecule has 132 valence electrons. The number of carbonyl (C=O) groups excluding carboxylic acids is 1. The van der Waals surface area contributed by atoms with Gasteiger partial charge in [-0.3, -0.25) is 4.31 Å². The molecule has 0 saturated carbocycles. The van der Waals surface area contributed by atoms with Gasteiger partial charge in [-0.15, -0.1) is 0 Å². The fraction of sp³-hybridized carbons (Fsp3) is 0.562. The summed E-state index contributed by atoms with van der Waals surface area (Å²) in [4.78, 5) is 12.0. The molecule has 2 amide bonds. The van der Waals surface area contributed by atoms with Gasteiger partial charge in [0.2, 0.25) is 10.0 Å². The van der Waals surface area contributed by atoms with E-state index in [9.17, 15) is 13.2 Å². The van der Waals surface area contributed by atoms with Crippen molar-refractivity contribution in [2.75, 3.05) is 35.6 Å². The van der Waals surface area contributed by atoms with Gasteiger partial charge >= 0.3 is 6.03 Å². The van der Waals surface area contributed by atoms with E-state index >= 15 is 0 Å². The molecule has 1 aromatic carbocycles. The first-order valence-electron chi connectivity index (χ1n) is 8.20. The number of hydrogen-bond donors (Lipinski definition) is 2. The van der Waals surface area contributed by atoms with E-state index in [2.05, 4.69) is 10.6 Å². The Hall–Kier alpha value is -1.80. The molecule has 1 aromatic rings. The minimum atomic E-state index is -3.32. The quantitative estimate of drug-likeness (QED) is 0.862. The molecule has 2 aliphatic heterocycles. The van der Waals surface area contributed by atoms with Crippen molar-refractivity contribution in [2.24, 2.45) is 0 Å². The molecular formula is C16H23N3O4S. The summed E-state index contributed by atoms with van der Waals surface area (Å²) < 4.78 is 30.8. The van der Waals surface area contributed by atoms with Gasteiger partial charge in [-0.2, -0.15) is 0 Å². The van der Waals surface area contributed by atoms with Gasteiger partial charge < -0.3 is 15.4 Å². The molecule has 0 aromatic heterocycles. The Morgan fingerprint density at radius 2 is 2.21 bits per heavy atom. The van der Waals surface area contributed by atoms with E-state index in [1.165, 1.54) is 10.6 Å². The summed E-state index contributed by atoms with van der Waals surface area (Å²) in [6, 6.07) is 5.09. The highest BCUT2D eigenvalue weighted by molar-refractivity contribution is 7.92. The van der Waals surface area contributed by atoms with E-state index in [1.54, 1.807) is 12.1 Å². The summed E-state index contributed by atoms with van der Waals surface area (Å²) >= 11 is 0. The van der Waals surface area contributed by atoms with Crippen LogP contribution in [0.4, 0.5) is 16.2 Å². The third-order valence-electron chi connectivity index (χ3n) is 4.33. The van der Waals surface area contributed by atoms with Gasteiger partial charge in [0.15, 0.2) is 0 Å². The predicted molar refractivity (Wildman–Crippen MR) is 92.9 cm³/mol. The first-order valence-corrected chi connectivity index (χ1v) is 10.1. The first kappa shape index (κ1) is 17.0. The van der Waals surface area contributed by atoms with E-state index < -0.39 is 10.0 Å². The van der Waals surface area contributed by atoms with Crippen molar-refractivity contribution in [3.05, 3.63) is 23.8 Å². The van der Waals surface area contributed by atoms with Crippen LogP contribution < -0.4 is 14.9 Å². The van der Waals surface area contributed by atoms with Crippen LogP contribution in [0.1, 0.15) is 24.8 Å². The highest BCUT2D eigenvalue weighted by Crippen LogP contribution is 2.31. The van der Waals surface area contributed by atoms with Crippen LogP contribution >= 0.6 is 0 Å². The number of amides is 2. The van der Waals surface area contributed by atoms with Crippen molar-refractivity contribution in [1.29, 1.82) is 0 Å². The molecule has 3 rings (SSSR count). The van der Waals surface area contributed by atoms with Crippen LogP contribution in [0.3, 0.4) is 0 Å². The molecule has 0 aliphatic carbocycles. The van der Waals surface area contributed by atoms with Crippen molar-refractivity contribution in [1.82, 2.24) is 5.32 Å². The maximum atomic E-state index is 12.0. The lowest BCUT2D eigenvalue weighted by Crippen LogP contribution is -2.36. The lowest BCUT2D eigenvalue weighted by molar-refractivity contribution is 0.112. The summed E-state index contributed by atoms with van der Waals surface area (Å²) in [5.74, 6) is 0. The number of urea groups is 1. The summed E-state index contributed by atoms with van der Waals surface area (Å²) in [5, 5.41) is 5.55. The van der Waals surface area contributed by atoms with Gasteiger partial charge in [0.25, 0.3) is 0 Å². The summed E-state index contributed by atoms with van der Waals surface area (Å²) in [6.07, 6.45) is 4.92. The zero-order valence-electron chi connectivity index (χ0n) is 13.7. The van der Waals surface area contributed by atoms with E-state index in [0.717, 1.165) is 37.9 Å². The van der Waals surface area contributed by atoms with Gasteiger partial charge in [0, 0.05) is 25.4 Å². The molecule has 1 unspecified atom stereocenters. The van der Waals surface area contributed by atoms with Gasteiger partial charge in [-0.1, -0.05) is 6.07 Å². The highest BCUT2D eigenvalue weighted by Gasteiger charge is 2.24. The van der Waals surface area contributed by atoms with Crippen LogP contribution in [0.25, 0.3) is 0 Å². The molecule has 1 fully saturated rings. The molecule has 2 heterocycles. The van der Waals surface area contributed by atoms with Crippen LogP contribution in [-0.4, -0.2) is 46.5 Å². The van der Waals surface area contributed by atoms with Crippen molar-refractivity contribution in [3.63, 3.8) is 0 Å². The number of anilines is 2. The van der Waals surface area contributed by atoms with Crippen molar-refractivity contribution in [2.45, 2.75) is 31.8 Å². The molecule has 8 heteroatoms. The van der Waals surface area contributed by atoms with E-state index in [4.69, 9.17) is 4.74 Å². The second kappa shape index (κ2) is 6.98. The second-order valence-corrected chi connectivity index (χ2v) is 8.16. The monoisotopic (exact) mass is 353 g/mol. The summed E-state index contributed by atoms with van der Waals surface area (Å²) in [5.41, 5.74) is 2.21. The van der Waals surface area contributed by atoms with Crippen LogP contribution in [0, 0.1) is 0 Å². The molecule has 0 radical (unpaired) electrons. The molecule has 0 bridgehead atoms. The Morgan fingerprint density at radius 3 is 2.92 bits per heavy atom. The number of benzene rings is 1. The van der Waals surface area contributed by atoms with E-state index in [-0.39, 0.29) is 12.1 Å². The van der Waals surface area contributed by atoms with Crippen LogP contribution in [0.5, 0.6) is 0 Å². The zero-order valence-corrected chi connectivity index (χ0v) is 14.6. The topological polar surface area (TPSA) is 87.7 Å². The first-order chi connectivity index (χ1) is 11.4. The van der Waals surface area contributed by atoms with E-state index in [1.807, 2.05) is 6.07 Å². The second-order valence-electron chi connectivity index (χ2n) is 6.25. The maximum absolute atomic E-state index is 12.0. The largest absolute Gasteiger partial charge is 0.376 e. The molecule has 0 spiro atoms. The molecule has 1 saturated heterocycles. The van der Waals surface area contributed by atoms with Crippen molar-refractivity contribution in [3.8, 4) is 0 Å². The fourth-order valence-corrected chi connectivity index (χ4v) is 4.14. The number of sulfonamides is 1. The number of ether oxygens (including phenoxy) is 1. The molecular weight excluding hydrogens is 330 g/mol. The Balaban J connectivity index is 1.67. The summed E-state index contributed by atoms with van der Waals surface area (Å²) in [6.45, 7) is 1.70. The maximum Gasteiger partial charge on any atom is 0.319 e. The Labute approximate surface area is 142 Å². The minimum absolute atomic E-state index is 0.0833. The number of nitrogens with one attached hydrogen (secondary N) is 2. The Morgan fingerprint density at radius 1 is 1.38 bits per heavy atom. The number of rotatable bonds is 4. The zero-order chi connectivity index (χ0) is 17.2. The summed E-state index contributed by atoms with van der Waals surface area (Å²) in [7, 11) is -3.32. The molecule has 7 nitrogen and oxygen atoms in total. The van der Waals surface area contributed by atoms with Crippen LogP contribution in [-0.2, 0) is 21.2 Å². The standard InChI is InChI=1S/C16H23N3O4S/c1-24(21,22)19-8-2-4-12-6-7-13(10-15(12)19)18-16(20)17-11-14-5-3-9-23-14/h6-7,10,14H,2-5,8-9,11H2,1H3,(H2,17,18,20). The average Bonchev–Trinajstić information content (AvgIpc) is 3.05. The molecule has 24 heavy (non-hydrogen) atoms. The number of hydrogen-bond acceptors (Lipinski definition) is 4. The Kier molecular flexibility index (Phi) is 4.96. The third-order valence-corrected chi connectivity index (χ3v) is 5.51. The molecule has 2 aliphatic rings. The van der Waals surface area contributed by atoms with Crippen molar-refractivity contribution >= 4 is 27.4 Å². The molecule has 1 atom stereocenters. The fourth-order valence-electron chi connectivity index (χ4n) is 3.15. The lowest BCUT2D eigenvalue weighted by atomic mass is 10.0. The van der Waals surface area contributed by atoms with E-state index in [0.29, 0.717) is 24.5 Å². The lowest BCUT2D eigenvalue weighted by Gasteiger charge is -2.29. The smallest absolute Gasteiger partial charge is 0.319 e. The van der Waals surface area contributed by atoms with Gasteiger partial charge in [0.1, 0.15) is 0 Å². The number of nitrogens with zero attached hydrogens (tertiary/aromatic N) is 1. The van der Waals surface area contributed by atoms with Gasteiger partial charge in [-0.05, 0) is 43.4 Å². The highest BCUT2D eigenvalue weighted by atomic mass is 32.2. The molecule has 2 N–H and O–H groups in total. The predicted octanol–water partition coefficient (Wildman–Crippen LogP) is 1.70.